The molecule has 0 spiro atoms. The molecule has 0 aliphatic heterocycles. The van der Waals surface area contributed by atoms with E-state index in [-0.39, 0.29) is 0 Å². The molecule has 0 atom stereocenters. The molecule has 0 bridgehead atoms. The zero-order valence-electron chi connectivity index (χ0n) is 14.1. The molecular formula is C20H17N3OS. The Kier molecular flexibility index (Phi) is 5.32. The van der Waals surface area contributed by atoms with Crippen molar-refractivity contribution >= 4 is 11.8 Å². The maximum atomic E-state index is 9.18. The lowest BCUT2D eigenvalue weighted by atomic mass is 10.1. The average molecular weight is 347 g/mol. The molecule has 5 heteroatoms. The summed E-state index contributed by atoms with van der Waals surface area (Å²) in [5, 5.41) is 9.81. The molecule has 0 saturated heterocycles. The lowest BCUT2D eigenvalue weighted by Crippen LogP contribution is -1.96. The molecule has 0 saturated carbocycles. The Hall–Kier alpha value is -2.84. The van der Waals surface area contributed by atoms with Gasteiger partial charge in [-0.2, -0.15) is 10.2 Å². The van der Waals surface area contributed by atoms with Gasteiger partial charge in [-0.15, -0.1) is 0 Å². The van der Waals surface area contributed by atoms with Gasteiger partial charge in [-0.3, -0.25) is 0 Å². The number of hydrogen-bond donors (Lipinski definition) is 0. The molecule has 3 aromatic rings. The van der Waals surface area contributed by atoms with Gasteiger partial charge in [0.05, 0.1) is 11.6 Å². The van der Waals surface area contributed by atoms with Crippen LogP contribution >= 0.6 is 11.8 Å². The second kappa shape index (κ2) is 7.82. The topological polar surface area (TPSA) is 58.8 Å². The Balaban J connectivity index is 1.76. The Labute approximate surface area is 151 Å². The predicted molar refractivity (Wildman–Crippen MR) is 98.7 cm³/mol. The summed E-state index contributed by atoms with van der Waals surface area (Å²) in [7, 11) is 0. The summed E-state index contributed by atoms with van der Waals surface area (Å²) >= 11 is 1.49. The first-order chi connectivity index (χ1) is 12.1. The number of rotatable bonds is 5. The summed E-state index contributed by atoms with van der Waals surface area (Å²) in [6, 6.07) is 19.4. The fourth-order valence-electron chi connectivity index (χ4n) is 2.33. The van der Waals surface area contributed by atoms with E-state index in [9.17, 15) is 5.26 Å². The summed E-state index contributed by atoms with van der Waals surface area (Å²) < 4.78 is 5.86. The minimum absolute atomic E-state index is 0.522. The molecule has 0 aliphatic carbocycles. The summed E-state index contributed by atoms with van der Waals surface area (Å²) in [5.74, 6) is 1.91. The van der Waals surface area contributed by atoms with E-state index < -0.39 is 0 Å². The number of nitriles is 1. The molecule has 0 radical (unpaired) electrons. The number of aromatic nitrogens is 2. The van der Waals surface area contributed by atoms with Gasteiger partial charge in [0.1, 0.15) is 5.75 Å². The molecule has 3 rings (SSSR count). The molecule has 0 fully saturated rings. The van der Waals surface area contributed by atoms with Gasteiger partial charge in [0.15, 0.2) is 5.16 Å². The van der Waals surface area contributed by atoms with E-state index in [1.807, 2.05) is 68.4 Å². The van der Waals surface area contributed by atoms with Crippen LogP contribution in [0.4, 0.5) is 0 Å². The number of ether oxygens (including phenoxy) is 1. The van der Waals surface area contributed by atoms with E-state index in [2.05, 4.69) is 16.0 Å². The van der Waals surface area contributed by atoms with Gasteiger partial charge in [0.25, 0.3) is 0 Å². The van der Waals surface area contributed by atoms with Crippen LogP contribution in [0.3, 0.4) is 0 Å². The van der Waals surface area contributed by atoms with E-state index in [1.165, 1.54) is 11.8 Å². The molecule has 25 heavy (non-hydrogen) atoms. The number of benzene rings is 2. The molecule has 1 heterocycles. The van der Waals surface area contributed by atoms with E-state index >= 15 is 0 Å². The van der Waals surface area contributed by atoms with Crippen molar-refractivity contribution in [3.8, 4) is 17.7 Å². The third kappa shape index (κ3) is 4.59. The van der Waals surface area contributed by atoms with Crippen molar-refractivity contribution in [2.24, 2.45) is 0 Å². The van der Waals surface area contributed by atoms with Crippen LogP contribution in [0.1, 0.15) is 22.4 Å². The number of hydrogen-bond acceptors (Lipinski definition) is 5. The van der Waals surface area contributed by atoms with Crippen molar-refractivity contribution in [2.75, 3.05) is 0 Å². The fourth-order valence-corrected chi connectivity index (χ4v) is 3.23. The minimum Gasteiger partial charge on any atom is -0.439 e. The quantitative estimate of drug-likeness (QED) is 0.477. The van der Waals surface area contributed by atoms with Crippen LogP contribution in [0, 0.1) is 25.2 Å². The number of thioether (sulfide) groups is 1. The van der Waals surface area contributed by atoms with Crippen molar-refractivity contribution in [1.29, 1.82) is 5.26 Å². The molecule has 1 aromatic heterocycles. The van der Waals surface area contributed by atoms with Gasteiger partial charge in [-0.1, -0.05) is 42.1 Å². The summed E-state index contributed by atoms with van der Waals surface area (Å²) in [6.07, 6.45) is 0. The smallest absolute Gasteiger partial charge is 0.223 e. The van der Waals surface area contributed by atoms with Gasteiger partial charge in [0, 0.05) is 17.5 Å². The van der Waals surface area contributed by atoms with Crippen LogP contribution in [-0.4, -0.2) is 9.97 Å². The van der Waals surface area contributed by atoms with Crippen LogP contribution in [0.2, 0.25) is 0 Å². The molecule has 2 aromatic carbocycles. The zero-order chi connectivity index (χ0) is 17.6. The molecule has 0 N–H and O–H groups in total. The van der Waals surface area contributed by atoms with Gasteiger partial charge < -0.3 is 4.74 Å². The van der Waals surface area contributed by atoms with E-state index in [4.69, 9.17) is 4.74 Å². The normalized spacial score (nSPS) is 10.3. The Morgan fingerprint density at radius 1 is 1.04 bits per heavy atom. The largest absolute Gasteiger partial charge is 0.439 e. The average Bonchev–Trinajstić information content (AvgIpc) is 2.60. The lowest BCUT2D eigenvalue weighted by molar-refractivity contribution is 0.454. The van der Waals surface area contributed by atoms with E-state index in [1.54, 1.807) is 0 Å². The maximum Gasteiger partial charge on any atom is 0.223 e. The zero-order valence-corrected chi connectivity index (χ0v) is 14.9. The van der Waals surface area contributed by atoms with E-state index in [0.717, 1.165) is 22.6 Å². The maximum absolute atomic E-state index is 9.18. The first kappa shape index (κ1) is 17.0. The van der Waals surface area contributed by atoms with Gasteiger partial charge in [-0.25, -0.2) is 4.98 Å². The highest BCUT2D eigenvalue weighted by atomic mass is 32.2. The van der Waals surface area contributed by atoms with E-state index in [0.29, 0.717) is 22.4 Å². The van der Waals surface area contributed by atoms with Crippen molar-refractivity contribution in [3.05, 3.63) is 77.0 Å². The van der Waals surface area contributed by atoms with Crippen molar-refractivity contribution in [2.45, 2.75) is 24.8 Å². The number of nitrogens with zero attached hydrogens (tertiary/aromatic N) is 3. The molecule has 0 amide bonds. The van der Waals surface area contributed by atoms with Crippen LogP contribution in [0.5, 0.6) is 11.6 Å². The van der Waals surface area contributed by atoms with Crippen molar-refractivity contribution in [3.63, 3.8) is 0 Å². The highest BCUT2D eigenvalue weighted by Crippen LogP contribution is 2.26. The van der Waals surface area contributed by atoms with Crippen LogP contribution in [-0.2, 0) is 5.75 Å². The molecule has 124 valence electrons. The predicted octanol–water partition coefficient (Wildman–Crippen LogP) is 5.05. The standard InChI is InChI=1S/C20H17N3OS/c1-14-6-5-9-18(10-14)24-19-11-15(2)22-20(23-19)25-13-17-8-4-3-7-16(17)12-21/h3-11H,13H2,1-2H3. The Bertz CT molecular complexity index is 934. The first-order valence-corrected chi connectivity index (χ1v) is 8.83. The molecule has 0 unspecified atom stereocenters. The van der Waals surface area contributed by atoms with Gasteiger partial charge in [0.2, 0.25) is 5.88 Å². The second-order valence-corrected chi connectivity index (χ2v) is 6.55. The highest BCUT2D eigenvalue weighted by molar-refractivity contribution is 7.98. The minimum atomic E-state index is 0.522. The fraction of sp³-hybridized carbons (Fsp3) is 0.150. The van der Waals surface area contributed by atoms with Crippen LogP contribution in [0.15, 0.2) is 59.8 Å². The SMILES string of the molecule is Cc1cccc(Oc2cc(C)nc(SCc3ccccc3C#N)n2)c1. The lowest BCUT2D eigenvalue weighted by Gasteiger charge is -2.08. The molecule has 0 aliphatic rings. The van der Waals surface area contributed by atoms with Gasteiger partial charge >= 0.3 is 0 Å². The summed E-state index contributed by atoms with van der Waals surface area (Å²) in [5.41, 5.74) is 3.62. The second-order valence-electron chi connectivity index (χ2n) is 5.61. The Morgan fingerprint density at radius 2 is 1.88 bits per heavy atom. The van der Waals surface area contributed by atoms with Gasteiger partial charge in [-0.05, 0) is 43.2 Å². The van der Waals surface area contributed by atoms with Crippen LogP contribution < -0.4 is 4.74 Å². The monoisotopic (exact) mass is 347 g/mol. The number of aryl methyl sites for hydroxylation is 2. The molecular weight excluding hydrogens is 330 g/mol. The van der Waals surface area contributed by atoms with Crippen molar-refractivity contribution in [1.82, 2.24) is 9.97 Å². The highest BCUT2D eigenvalue weighted by Gasteiger charge is 2.08. The van der Waals surface area contributed by atoms with Crippen LogP contribution in [0.25, 0.3) is 0 Å². The summed E-state index contributed by atoms with van der Waals surface area (Å²) in [6.45, 7) is 3.93. The Morgan fingerprint density at radius 3 is 2.68 bits per heavy atom. The third-order valence-electron chi connectivity index (χ3n) is 3.52. The van der Waals surface area contributed by atoms with Crippen molar-refractivity contribution < 1.29 is 4.74 Å². The third-order valence-corrected chi connectivity index (χ3v) is 4.41. The molecule has 4 nitrogen and oxygen atoms in total. The summed E-state index contributed by atoms with van der Waals surface area (Å²) in [4.78, 5) is 8.93. The first-order valence-electron chi connectivity index (χ1n) is 7.85.